The van der Waals surface area contributed by atoms with Crippen LogP contribution in [0.3, 0.4) is 0 Å². The fourth-order valence-corrected chi connectivity index (χ4v) is 2.15. The second-order valence-corrected chi connectivity index (χ2v) is 5.83. The molecule has 0 unspecified atom stereocenters. The molecule has 0 heterocycles. The maximum atomic E-state index is 5.99. The third-order valence-electron chi connectivity index (χ3n) is 2.96. The van der Waals surface area contributed by atoms with Gasteiger partial charge in [0.25, 0.3) is 0 Å². The molecule has 3 nitrogen and oxygen atoms in total. The molecule has 0 fully saturated rings. The second-order valence-electron chi connectivity index (χ2n) is 4.61. The maximum absolute atomic E-state index is 5.99. The highest BCUT2D eigenvalue weighted by Crippen LogP contribution is 2.22. The van der Waals surface area contributed by atoms with E-state index in [1.54, 1.807) is 12.1 Å². The molecule has 6 heteroatoms. The van der Waals surface area contributed by atoms with E-state index in [-0.39, 0.29) is 0 Å². The summed E-state index contributed by atoms with van der Waals surface area (Å²) in [5, 5.41) is 8.81. The Labute approximate surface area is 145 Å². The molecule has 22 heavy (non-hydrogen) atoms. The molecule has 2 rings (SSSR count). The van der Waals surface area contributed by atoms with E-state index in [0.717, 1.165) is 16.8 Å². The Bertz CT molecular complexity index is 687. The van der Waals surface area contributed by atoms with Crippen LogP contribution in [0.4, 0.5) is 0 Å². The summed E-state index contributed by atoms with van der Waals surface area (Å²) in [6, 6.07) is 15.4. The van der Waals surface area contributed by atoms with Crippen LogP contribution in [0.25, 0.3) is 0 Å². The van der Waals surface area contributed by atoms with Crippen LogP contribution in [-0.4, -0.2) is 10.8 Å². The molecule has 2 N–H and O–H groups in total. The number of nitrogens with zero attached hydrogens (tertiary/aromatic N) is 1. The minimum Gasteiger partial charge on any atom is -0.357 e. The largest absolute Gasteiger partial charge is 0.357 e. The quantitative estimate of drug-likeness (QED) is 0.487. The summed E-state index contributed by atoms with van der Waals surface area (Å²) in [5.41, 5.74) is 5.62. The van der Waals surface area contributed by atoms with E-state index >= 15 is 0 Å². The number of halogens is 2. The average molecular weight is 352 g/mol. The Balaban J connectivity index is 1.90. The molecule has 0 aliphatic heterocycles. The molecule has 0 radical (unpaired) electrons. The summed E-state index contributed by atoms with van der Waals surface area (Å²) in [5.74, 6) is 0. The molecular formula is C16H15Cl2N3S. The van der Waals surface area contributed by atoms with Gasteiger partial charge in [0.1, 0.15) is 0 Å². The Kier molecular flexibility index (Phi) is 6.19. The van der Waals surface area contributed by atoms with Gasteiger partial charge in [-0.3, -0.25) is 5.43 Å². The lowest BCUT2D eigenvalue weighted by molar-refractivity contribution is 0.866. The third kappa shape index (κ3) is 4.98. The van der Waals surface area contributed by atoms with E-state index in [2.05, 4.69) is 15.8 Å². The van der Waals surface area contributed by atoms with Crippen LogP contribution < -0.4 is 10.7 Å². The summed E-state index contributed by atoms with van der Waals surface area (Å²) >= 11 is 17.1. The van der Waals surface area contributed by atoms with Crippen molar-refractivity contribution in [3.63, 3.8) is 0 Å². The van der Waals surface area contributed by atoms with E-state index < -0.39 is 0 Å². The van der Waals surface area contributed by atoms with Gasteiger partial charge in [-0.25, -0.2) is 0 Å². The van der Waals surface area contributed by atoms with E-state index in [4.69, 9.17) is 35.4 Å². The maximum Gasteiger partial charge on any atom is 0.187 e. The topological polar surface area (TPSA) is 36.4 Å². The minimum atomic E-state index is 0.461. The molecule has 114 valence electrons. The molecule has 0 aromatic heterocycles. The Hall–Kier alpha value is -1.62. The zero-order valence-electron chi connectivity index (χ0n) is 11.9. The fraction of sp³-hybridized carbons (Fsp3) is 0.125. The highest BCUT2D eigenvalue weighted by atomic mass is 35.5. The zero-order valence-corrected chi connectivity index (χ0v) is 14.3. The molecular weight excluding hydrogens is 337 g/mol. The smallest absolute Gasteiger partial charge is 0.187 e. The summed E-state index contributed by atoms with van der Waals surface area (Å²) in [6.07, 6.45) is 0. The van der Waals surface area contributed by atoms with Gasteiger partial charge in [0.05, 0.1) is 15.8 Å². The molecule has 0 aliphatic carbocycles. The lowest BCUT2D eigenvalue weighted by Gasteiger charge is -2.08. The minimum absolute atomic E-state index is 0.461. The number of benzene rings is 2. The van der Waals surface area contributed by atoms with Crippen LogP contribution in [0.5, 0.6) is 0 Å². The van der Waals surface area contributed by atoms with E-state index in [1.807, 2.05) is 43.3 Å². The lowest BCUT2D eigenvalue weighted by Crippen LogP contribution is -2.32. The van der Waals surface area contributed by atoms with Crippen LogP contribution >= 0.6 is 35.4 Å². The Morgan fingerprint density at radius 1 is 1.09 bits per heavy atom. The van der Waals surface area contributed by atoms with Gasteiger partial charge in [-0.1, -0.05) is 59.6 Å². The van der Waals surface area contributed by atoms with Crippen molar-refractivity contribution in [3.05, 3.63) is 69.7 Å². The van der Waals surface area contributed by atoms with Crippen molar-refractivity contribution in [1.29, 1.82) is 0 Å². The van der Waals surface area contributed by atoms with Gasteiger partial charge in [-0.15, -0.1) is 0 Å². The van der Waals surface area contributed by atoms with Crippen molar-refractivity contribution in [2.75, 3.05) is 0 Å². The van der Waals surface area contributed by atoms with Gasteiger partial charge in [-0.05, 0) is 42.4 Å². The number of hydrogen-bond acceptors (Lipinski definition) is 2. The highest BCUT2D eigenvalue weighted by Gasteiger charge is 2.03. The number of thiocarbonyl (C=S) groups is 1. The molecule has 0 amide bonds. The normalized spacial score (nSPS) is 11.1. The van der Waals surface area contributed by atoms with E-state index in [1.165, 1.54) is 0 Å². The Morgan fingerprint density at radius 3 is 2.50 bits per heavy atom. The predicted molar refractivity (Wildman–Crippen MR) is 97.7 cm³/mol. The van der Waals surface area contributed by atoms with Gasteiger partial charge in [0, 0.05) is 6.54 Å². The summed E-state index contributed by atoms with van der Waals surface area (Å²) in [6.45, 7) is 2.51. The number of hydrazone groups is 1. The number of rotatable bonds is 4. The van der Waals surface area contributed by atoms with Crippen molar-refractivity contribution < 1.29 is 0 Å². The van der Waals surface area contributed by atoms with Crippen LogP contribution in [0.2, 0.25) is 10.0 Å². The van der Waals surface area contributed by atoms with Gasteiger partial charge < -0.3 is 5.32 Å². The molecule has 0 aliphatic rings. The van der Waals surface area contributed by atoms with Crippen LogP contribution in [0.1, 0.15) is 18.1 Å². The van der Waals surface area contributed by atoms with Gasteiger partial charge in [-0.2, -0.15) is 5.10 Å². The lowest BCUT2D eigenvalue weighted by atomic mass is 10.1. The SMILES string of the molecule is CC(=NNC(=S)NCc1ccccc1)c1ccc(Cl)c(Cl)c1. The molecule has 0 saturated carbocycles. The Morgan fingerprint density at radius 2 is 1.82 bits per heavy atom. The number of hydrogen-bond donors (Lipinski definition) is 2. The molecule has 0 spiro atoms. The van der Waals surface area contributed by atoms with Crippen LogP contribution in [-0.2, 0) is 6.54 Å². The van der Waals surface area contributed by atoms with Crippen molar-refractivity contribution >= 4 is 46.2 Å². The molecule has 2 aromatic rings. The predicted octanol–water partition coefficient (Wildman–Crippen LogP) is 4.38. The van der Waals surface area contributed by atoms with Gasteiger partial charge in [0.2, 0.25) is 0 Å². The van der Waals surface area contributed by atoms with Gasteiger partial charge in [0.15, 0.2) is 5.11 Å². The fourth-order valence-electron chi connectivity index (χ4n) is 1.74. The van der Waals surface area contributed by atoms with Crippen molar-refractivity contribution in [1.82, 2.24) is 10.7 Å². The first-order valence-corrected chi connectivity index (χ1v) is 7.80. The van der Waals surface area contributed by atoms with E-state index in [0.29, 0.717) is 21.7 Å². The van der Waals surface area contributed by atoms with Crippen molar-refractivity contribution in [2.24, 2.45) is 5.10 Å². The molecule has 0 atom stereocenters. The van der Waals surface area contributed by atoms with Gasteiger partial charge >= 0.3 is 0 Å². The first-order chi connectivity index (χ1) is 10.6. The molecule has 2 aromatic carbocycles. The zero-order chi connectivity index (χ0) is 15.9. The number of nitrogens with one attached hydrogen (secondary N) is 2. The van der Waals surface area contributed by atoms with Crippen LogP contribution in [0.15, 0.2) is 53.6 Å². The first kappa shape index (κ1) is 16.7. The molecule has 0 bridgehead atoms. The second kappa shape index (κ2) is 8.13. The highest BCUT2D eigenvalue weighted by molar-refractivity contribution is 7.80. The van der Waals surface area contributed by atoms with Crippen molar-refractivity contribution in [2.45, 2.75) is 13.5 Å². The summed E-state index contributed by atoms with van der Waals surface area (Å²) < 4.78 is 0. The monoisotopic (exact) mass is 351 g/mol. The standard InChI is InChI=1S/C16H15Cl2N3S/c1-11(13-7-8-14(17)15(18)9-13)20-21-16(22)19-10-12-5-3-2-4-6-12/h2-9H,10H2,1H3,(H2,19,21,22). The third-order valence-corrected chi connectivity index (χ3v) is 3.93. The first-order valence-electron chi connectivity index (χ1n) is 6.64. The average Bonchev–Trinajstić information content (AvgIpc) is 2.54. The summed E-state index contributed by atoms with van der Waals surface area (Å²) in [4.78, 5) is 0. The van der Waals surface area contributed by atoms with Crippen molar-refractivity contribution in [3.8, 4) is 0 Å². The molecule has 0 saturated heterocycles. The van der Waals surface area contributed by atoms with E-state index in [9.17, 15) is 0 Å². The van der Waals surface area contributed by atoms with Crippen LogP contribution in [0, 0.1) is 0 Å². The summed E-state index contributed by atoms with van der Waals surface area (Å²) in [7, 11) is 0.